The lowest BCUT2D eigenvalue weighted by Crippen LogP contribution is -2.41. The summed E-state index contributed by atoms with van der Waals surface area (Å²) in [5.41, 5.74) is 7.42. The van der Waals surface area contributed by atoms with Gasteiger partial charge in [-0.1, -0.05) is 25.4 Å². The zero-order valence-electron chi connectivity index (χ0n) is 12.1. The first kappa shape index (κ1) is 14.7. The molecule has 0 spiro atoms. The molecule has 106 valence electrons. The first-order chi connectivity index (χ1) is 8.96. The lowest BCUT2D eigenvalue weighted by molar-refractivity contribution is 0.192. The third-order valence-electron chi connectivity index (χ3n) is 4.56. The first-order valence-corrected chi connectivity index (χ1v) is 7.47. The van der Waals surface area contributed by atoms with Crippen LogP contribution in [0.25, 0.3) is 0 Å². The molecule has 0 atom stereocenters. The fourth-order valence-electron chi connectivity index (χ4n) is 3.16. The summed E-state index contributed by atoms with van der Waals surface area (Å²) in [7, 11) is 1.69. The van der Waals surface area contributed by atoms with Crippen molar-refractivity contribution in [3.8, 4) is 5.75 Å². The highest BCUT2D eigenvalue weighted by Gasteiger charge is 2.36. The smallest absolute Gasteiger partial charge is 0.124 e. The summed E-state index contributed by atoms with van der Waals surface area (Å²) in [6.07, 6.45) is 4.38. The molecule has 2 nitrogen and oxygen atoms in total. The normalized spacial score (nSPS) is 27.6. The van der Waals surface area contributed by atoms with E-state index in [0.717, 1.165) is 41.0 Å². The summed E-state index contributed by atoms with van der Waals surface area (Å²) in [4.78, 5) is 0. The highest BCUT2D eigenvalue weighted by atomic mass is 35.5. The minimum atomic E-state index is -0.290. The van der Waals surface area contributed by atoms with Crippen LogP contribution in [0.3, 0.4) is 0 Å². The molecule has 0 saturated heterocycles. The van der Waals surface area contributed by atoms with Crippen molar-refractivity contribution in [3.63, 3.8) is 0 Å². The highest BCUT2D eigenvalue weighted by Crippen LogP contribution is 2.43. The van der Waals surface area contributed by atoms with Crippen molar-refractivity contribution in [3.05, 3.63) is 28.8 Å². The van der Waals surface area contributed by atoms with E-state index < -0.39 is 0 Å². The van der Waals surface area contributed by atoms with E-state index in [9.17, 15) is 0 Å². The van der Waals surface area contributed by atoms with E-state index >= 15 is 0 Å². The van der Waals surface area contributed by atoms with Crippen molar-refractivity contribution in [2.45, 2.75) is 45.1 Å². The van der Waals surface area contributed by atoms with Crippen LogP contribution < -0.4 is 10.5 Å². The van der Waals surface area contributed by atoms with Crippen LogP contribution >= 0.6 is 11.6 Å². The van der Waals surface area contributed by atoms with E-state index in [-0.39, 0.29) is 5.54 Å². The number of halogens is 1. The Morgan fingerprint density at radius 3 is 2.47 bits per heavy atom. The maximum absolute atomic E-state index is 6.65. The van der Waals surface area contributed by atoms with Crippen LogP contribution in [-0.4, -0.2) is 7.11 Å². The molecular formula is C16H24ClNO. The van der Waals surface area contributed by atoms with E-state index in [0.29, 0.717) is 0 Å². The van der Waals surface area contributed by atoms with E-state index in [4.69, 9.17) is 22.1 Å². The molecule has 1 aliphatic carbocycles. The van der Waals surface area contributed by atoms with Crippen LogP contribution in [0.1, 0.15) is 45.1 Å². The molecule has 0 aliphatic heterocycles. The first-order valence-electron chi connectivity index (χ1n) is 7.09. The predicted octanol–water partition coefficient (Wildman–Crippen LogP) is 4.35. The Balaban J connectivity index is 2.24. The molecule has 0 bridgehead atoms. The van der Waals surface area contributed by atoms with Crippen LogP contribution in [0.15, 0.2) is 18.2 Å². The second kappa shape index (κ2) is 5.72. The maximum atomic E-state index is 6.65. The average Bonchev–Trinajstić information content (AvgIpc) is 2.39. The molecule has 1 aliphatic rings. The Morgan fingerprint density at radius 2 is 1.95 bits per heavy atom. The van der Waals surface area contributed by atoms with Crippen molar-refractivity contribution >= 4 is 11.6 Å². The number of methoxy groups -OCH3 is 1. The summed E-state index contributed by atoms with van der Waals surface area (Å²) >= 11 is 6.12. The number of ether oxygens (including phenoxy) is 1. The molecule has 0 unspecified atom stereocenters. The van der Waals surface area contributed by atoms with Gasteiger partial charge in [-0.2, -0.15) is 0 Å². The van der Waals surface area contributed by atoms with Crippen molar-refractivity contribution < 1.29 is 4.74 Å². The quantitative estimate of drug-likeness (QED) is 0.894. The largest absolute Gasteiger partial charge is 0.496 e. The van der Waals surface area contributed by atoms with Crippen molar-refractivity contribution in [1.82, 2.24) is 0 Å². The van der Waals surface area contributed by atoms with Crippen molar-refractivity contribution in [2.75, 3.05) is 7.11 Å². The SMILES string of the molecule is COc1ccc(Cl)cc1C1(N)CCC(C(C)C)CC1. The molecule has 1 fully saturated rings. The Kier molecular flexibility index (Phi) is 4.42. The van der Waals surface area contributed by atoms with Gasteiger partial charge in [0.05, 0.1) is 7.11 Å². The van der Waals surface area contributed by atoms with Gasteiger partial charge in [0.25, 0.3) is 0 Å². The predicted molar refractivity (Wildman–Crippen MR) is 80.7 cm³/mol. The topological polar surface area (TPSA) is 35.2 Å². The second-order valence-electron chi connectivity index (χ2n) is 6.08. The van der Waals surface area contributed by atoms with Gasteiger partial charge < -0.3 is 10.5 Å². The molecule has 1 saturated carbocycles. The van der Waals surface area contributed by atoms with E-state index in [1.165, 1.54) is 12.8 Å². The summed E-state index contributed by atoms with van der Waals surface area (Å²) in [5.74, 6) is 2.39. The summed E-state index contributed by atoms with van der Waals surface area (Å²) in [5, 5.41) is 0.728. The minimum absolute atomic E-state index is 0.290. The standard InChI is InChI=1S/C16H24ClNO/c1-11(2)12-6-8-16(18,9-7-12)14-10-13(17)4-5-15(14)19-3/h4-5,10-12H,6-9,18H2,1-3H3. The molecule has 0 aromatic heterocycles. The van der Waals surface area contributed by atoms with Crippen LogP contribution in [0.4, 0.5) is 0 Å². The molecule has 19 heavy (non-hydrogen) atoms. The van der Waals surface area contributed by atoms with Crippen LogP contribution in [0, 0.1) is 11.8 Å². The molecule has 0 heterocycles. The van der Waals surface area contributed by atoms with E-state index in [2.05, 4.69) is 13.8 Å². The third-order valence-corrected chi connectivity index (χ3v) is 4.80. The summed E-state index contributed by atoms with van der Waals surface area (Å²) < 4.78 is 5.45. The Bertz CT molecular complexity index is 436. The fraction of sp³-hybridized carbons (Fsp3) is 0.625. The highest BCUT2D eigenvalue weighted by molar-refractivity contribution is 6.30. The van der Waals surface area contributed by atoms with E-state index in [1.807, 2.05) is 18.2 Å². The van der Waals surface area contributed by atoms with Gasteiger partial charge in [0.2, 0.25) is 0 Å². The number of hydrogen-bond donors (Lipinski definition) is 1. The molecule has 1 aromatic carbocycles. The molecule has 1 aromatic rings. The van der Waals surface area contributed by atoms with E-state index in [1.54, 1.807) is 7.11 Å². The Labute approximate surface area is 121 Å². The van der Waals surface area contributed by atoms with Crippen molar-refractivity contribution in [2.24, 2.45) is 17.6 Å². The van der Waals surface area contributed by atoms with Gasteiger partial charge >= 0.3 is 0 Å². The second-order valence-corrected chi connectivity index (χ2v) is 6.52. The van der Waals surface area contributed by atoms with Gasteiger partial charge in [-0.15, -0.1) is 0 Å². The van der Waals surface area contributed by atoms with Gasteiger partial charge in [-0.05, 0) is 55.7 Å². The lowest BCUT2D eigenvalue weighted by atomic mass is 9.70. The summed E-state index contributed by atoms with van der Waals surface area (Å²) in [6.45, 7) is 4.60. The molecule has 0 radical (unpaired) electrons. The number of hydrogen-bond acceptors (Lipinski definition) is 2. The number of nitrogens with two attached hydrogens (primary N) is 1. The van der Waals surface area contributed by atoms with Gasteiger partial charge in [0.1, 0.15) is 5.75 Å². The Hall–Kier alpha value is -0.730. The van der Waals surface area contributed by atoms with Crippen LogP contribution in [0.2, 0.25) is 5.02 Å². The third kappa shape index (κ3) is 3.06. The fourth-order valence-corrected chi connectivity index (χ4v) is 3.33. The number of benzene rings is 1. The minimum Gasteiger partial charge on any atom is -0.496 e. The molecule has 0 amide bonds. The molecule has 3 heteroatoms. The van der Waals surface area contributed by atoms with Crippen molar-refractivity contribution in [1.29, 1.82) is 0 Å². The average molecular weight is 282 g/mol. The van der Waals surface area contributed by atoms with Gasteiger partial charge in [0.15, 0.2) is 0 Å². The Morgan fingerprint density at radius 1 is 1.32 bits per heavy atom. The maximum Gasteiger partial charge on any atom is 0.124 e. The molecule has 2 N–H and O–H groups in total. The zero-order valence-corrected chi connectivity index (χ0v) is 12.8. The zero-order chi connectivity index (χ0) is 14.0. The van der Waals surface area contributed by atoms with Crippen LogP contribution in [-0.2, 0) is 5.54 Å². The molecular weight excluding hydrogens is 258 g/mol. The molecule has 2 rings (SSSR count). The summed E-state index contributed by atoms with van der Waals surface area (Å²) in [6, 6.07) is 5.74. The lowest BCUT2D eigenvalue weighted by Gasteiger charge is -2.39. The van der Waals surface area contributed by atoms with Crippen LogP contribution in [0.5, 0.6) is 5.75 Å². The van der Waals surface area contributed by atoms with Gasteiger partial charge in [-0.25, -0.2) is 0 Å². The van der Waals surface area contributed by atoms with Gasteiger partial charge in [0, 0.05) is 16.1 Å². The monoisotopic (exact) mass is 281 g/mol. The number of rotatable bonds is 3. The van der Waals surface area contributed by atoms with Gasteiger partial charge in [-0.3, -0.25) is 0 Å².